The van der Waals surface area contributed by atoms with Crippen LogP contribution in [0.1, 0.15) is 22.0 Å². The van der Waals surface area contributed by atoms with Crippen LogP contribution in [0.3, 0.4) is 0 Å². The lowest BCUT2D eigenvalue weighted by atomic mass is 10.1. The topological polar surface area (TPSA) is 33.5 Å². The number of hydrogen-bond acceptors (Lipinski definition) is 1. The molecule has 0 aliphatic carbocycles. The molecule has 0 bridgehead atoms. The van der Waals surface area contributed by atoms with Crippen LogP contribution in [0, 0.1) is 0 Å². The van der Waals surface area contributed by atoms with Gasteiger partial charge in [-0.1, -0.05) is 41.9 Å². The molecule has 116 valence electrons. The number of hydrogen-bond donors (Lipinski definition) is 2. The normalized spacial score (nSPS) is 12.2. The fourth-order valence-corrected chi connectivity index (χ4v) is 3.05. The zero-order chi connectivity index (χ0) is 16.1. The van der Waals surface area contributed by atoms with Crippen molar-refractivity contribution in [3.8, 4) is 0 Å². The summed E-state index contributed by atoms with van der Waals surface area (Å²) in [5.41, 5.74) is 1.67. The van der Waals surface area contributed by atoms with E-state index in [1.807, 2.05) is 42.5 Å². The van der Waals surface area contributed by atoms with Gasteiger partial charge >= 0.3 is 0 Å². The minimum Gasteiger partial charge on any atom is -0.346 e. The molecule has 0 fully saturated rings. The summed E-state index contributed by atoms with van der Waals surface area (Å²) >= 11 is 9.69. The molecule has 2 N–H and O–H groups in total. The fourth-order valence-electron chi connectivity index (χ4n) is 2.32. The summed E-state index contributed by atoms with van der Waals surface area (Å²) in [5.74, 6) is -0.0919. The van der Waals surface area contributed by atoms with Gasteiger partial charge in [-0.2, -0.15) is 0 Å². The number of halogens is 2. The van der Waals surface area contributed by atoms with Crippen LogP contribution in [0.5, 0.6) is 0 Å². The Hall–Kier alpha value is -1.36. The molecule has 3 nitrogen and oxygen atoms in total. The number of nitrogens with one attached hydrogen (secondary N) is 2. The summed E-state index contributed by atoms with van der Waals surface area (Å²) in [6.45, 7) is 0.520. The van der Waals surface area contributed by atoms with E-state index in [2.05, 4.69) is 35.3 Å². The molecule has 0 saturated carbocycles. The van der Waals surface area contributed by atoms with E-state index >= 15 is 0 Å². The molecule has 22 heavy (non-hydrogen) atoms. The second kappa shape index (κ2) is 7.77. The molecule has 0 unspecified atom stereocenters. The molecule has 0 aromatic heterocycles. The van der Waals surface area contributed by atoms with Gasteiger partial charge in [-0.3, -0.25) is 4.79 Å². The Labute approximate surface area is 144 Å². The van der Waals surface area contributed by atoms with Gasteiger partial charge in [-0.25, -0.2) is 0 Å². The van der Waals surface area contributed by atoms with Crippen LogP contribution in [-0.4, -0.2) is 26.5 Å². The molecule has 1 amide bonds. The lowest BCUT2D eigenvalue weighted by Crippen LogP contribution is -3.07. The highest BCUT2D eigenvalue weighted by molar-refractivity contribution is 9.10. The maximum absolute atomic E-state index is 12.3. The summed E-state index contributed by atoms with van der Waals surface area (Å²) < 4.78 is 0.791. The molecule has 1 atom stereocenters. The highest BCUT2D eigenvalue weighted by Gasteiger charge is 2.21. The smallest absolute Gasteiger partial charge is 0.252 e. The average Bonchev–Trinajstić information content (AvgIpc) is 2.49. The number of quaternary nitrogens is 1. The van der Waals surface area contributed by atoms with Gasteiger partial charge in [0.1, 0.15) is 6.04 Å². The van der Waals surface area contributed by atoms with Gasteiger partial charge in [0.15, 0.2) is 0 Å². The summed E-state index contributed by atoms with van der Waals surface area (Å²) in [5, 5.41) is 3.72. The largest absolute Gasteiger partial charge is 0.346 e. The molecule has 0 heterocycles. The fraction of sp³-hybridized carbons (Fsp3) is 0.235. The van der Waals surface area contributed by atoms with Gasteiger partial charge in [-0.05, 0) is 34.1 Å². The van der Waals surface area contributed by atoms with Gasteiger partial charge in [-0.15, -0.1) is 0 Å². The first-order valence-corrected chi connectivity index (χ1v) is 8.25. The van der Waals surface area contributed by atoms with E-state index in [-0.39, 0.29) is 11.9 Å². The molecule has 2 aromatic rings. The van der Waals surface area contributed by atoms with Crippen LogP contribution in [-0.2, 0) is 0 Å². The van der Waals surface area contributed by atoms with Crippen molar-refractivity contribution in [2.45, 2.75) is 6.04 Å². The van der Waals surface area contributed by atoms with E-state index in [1.54, 1.807) is 6.07 Å². The molecule has 0 spiro atoms. The van der Waals surface area contributed by atoms with Crippen LogP contribution < -0.4 is 10.2 Å². The van der Waals surface area contributed by atoms with E-state index in [4.69, 9.17) is 11.6 Å². The number of amides is 1. The van der Waals surface area contributed by atoms with Crippen LogP contribution in [0.4, 0.5) is 0 Å². The number of carbonyl (C=O) groups is 1. The number of carbonyl (C=O) groups excluding carboxylic acids is 1. The van der Waals surface area contributed by atoms with Crippen molar-refractivity contribution >= 4 is 33.4 Å². The standard InChI is InChI=1S/C17H18BrClN2O/c1-21(2)16(13-8-4-6-10-15(13)19)11-20-17(22)12-7-3-5-9-14(12)18/h3-10,16H,11H2,1-2H3,(H,20,22)/p+1/t16-/m0/s1. The maximum atomic E-state index is 12.3. The Bertz CT molecular complexity index is 661. The Morgan fingerprint density at radius 2 is 1.82 bits per heavy atom. The van der Waals surface area contributed by atoms with Gasteiger partial charge in [0, 0.05) is 15.1 Å². The summed E-state index contributed by atoms with van der Waals surface area (Å²) in [6.07, 6.45) is 0. The van der Waals surface area contributed by atoms with Gasteiger partial charge in [0.05, 0.1) is 26.2 Å². The van der Waals surface area contributed by atoms with Crippen molar-refractivity contribution in [3.05, 3.63) is 69.2 Å². The first-order valence-electron chi connectivity index (χ1n) is 7.08. The van der Waals surface area contributed by atoms with Crippen LogP contribution in [0.25, 0.3) is 0 Å². The first-order chi connectivity index (χ1) is 10.5. The number of rotatable bonds is 5. The minimum atomic E-state index is -0.0919. The van der Waals surface area contributed by atoms with E-state index in [1.165, 1.54) is 4.90 Å². The van der Waals surface area contributed by atoms with Crippen LogP contribution >= 0.6 is 27.5 Å². The maximum Gasteiger partial charge on any atom is 0.252 e. The third-order valence-corrected chi connectivity index (χ3v) is 4.60. The zero-order valence-electron chi connectivity index (χ0n) is 12.6. The number of likely N-dealkylation sites (N-methyl/N-ethyl adjacent to an activating group) is 1. The van der Waals surface area contributed by atoms with Gasteiger partial charge in [0.2, 0.25) is 0 Å². The van der Waals surface area contributed by atoms with Crippen molar-refractivity contribution in [1.29, 1.82) is 0 Å². The van der Waals surface area contributed by atoms with E-state index in [0.717, 1.165) is 15.1 Å². The Morgan fingerprint density at radius 3 is 2.45 bits per heavy atom. The minimum absolute atomic E-state index is 0.0919. The molecule has 2 aromatic carbocycles. The molecule has 0 aliphatic heterocycles. The highest BCUT2D eigenvalue weighted by Crippen LogP contribution is 2.21. The first kappa shape index (κ1) is 17.0. The third kappa shape index (κ3) is 4.09. The summed E-state index contributed by atoms with van der Waals surface area (Å²) in [4.78, 5) is 13.5. The Kier molecular flexibility index (Phi) is 6.00. The molecule has 0 aliphatic rings. The van der Waals surface area contributed by atoms with Crippen LogP contribution in [0.2, 0.25) is 5.02 Å². The van der Waals surface area contributed by atoms with Crippen molar-refractivity contribution in [3.63, 3.8) is 0 Å². The van der Waals surface area contributed by atoms with Crippen LogP contribution in [0.15, 0.2) is 53.0 Å². The van der Waals surface area contributed by atoms with Crippen molar-refractivity contribution in [2.75, 3.05) is 20.6 Å². The van der Waals surface area contributed by atoms with E-state index in [9.17, 15) is 4.79 Å². The van der Waals surface area contributed by atoms with Crippen molar-refractivity contribution in [2.24, 2.45) is 0 Å². The molecule has 5 heteroatoms. The second-order valence-corrected chi connectivity index (χ2v) is 6.60. The summed E-state index contributed by atoms with van der Waals surface area (Å²) in [6, 6.07) is 15.2. The lowest BCUT2D eigenvalue weighted by Gasteiger charge is -2.23. The molecule has 0 saturated heterocycles. The van der Waals surface area contributed by atoms with Crippen molar-refractivity contribution < 1.29 is 9.69 Å². The average molecular weight is 383 g/mol. The quantitative estimate of drug-likeness (QED) is 0.819. The predicted octanol–water partition coefficient (Wildman–Crippen LogP) is 2.72. The lowest BCUT2D eigenvalue weighted by molar-refractivity contribution is -0.890. The summed E-state index contributed by atoms with van der Waals surface area (Å²) in [7, 11) is 4.11. The molecule has 2 rings (SSSR count). The highest BCUT2D eigenvalue weighted by atomic mass is 79.9. The Balaban J connectivity index is 2.12. The SMILES string of the molecule is C[NH+](C)[C@@H](CNC(=O)c1ccccc1Br)c1ccccc1Cl. The second-order valence-electron chi connectivity index (χ2n) is 5.34. The predicted molar refractivity (Wildman–Crippen MR) is 93.5 cm³/mol. The third-order valence-electron chi connectivity index (χ3n) is 3.56. The molecular weight excluding hydrogens is 364 g/mol. The Morgan fingerprint density at radius 1 is 1.18 bits per heavy atom. The van der Waals surface area contributed by atoms with Gasteiger partial charge in [0.25, 0.3) is 5.91 Å². The van der Waals surface area contributed by atoms with Crippen molar-refractivity contribution in [1.82, 2.24) is 5.32 Å². The van der Waals surface area contributed by atoms with E-state index in [0.29, 0.717) is 12.1 Å². The zero-order valence-corrected chi connectivity index (χ0v) is 14.9. The van der Waals surface area contributed by atoms with E-state index < -0.39 is 0 Å². The number of benzene rings is 2. The molecular formula is C17H19BrClN2O+. The molecule has 0 radical (unpaired) electrons. The van der Waals surface area contributed by atoms with Gasteiger partial charge < -0.3 is 10.2 Å². The monoisotopic (exact) mass is 381 g/mol.